The van der Waals surface area contributed by atoms with Gasteiger partial charge in [0.25, 0.3) is 0 Å². The van der Waals surface area contributed by atoms with E-state index >= 15 is 0 Å². The van der Waals surface area contributed by atoms with Crippen LogP contribution in [0.3, 0.4) is 0 Å². The third-order valence-corrected chi connectivity index (χ3v) is 4.09. The minimum atomic E-state index is -0.320. The van der Waals surface area contributed by atoms with Crippen molar-refractivity contribution < 1.29 is 14.3 Å². The van der Waals surface area contributed by atoms with E-state index in [1.165, 1.54) is 7.11 Å². The maximum Gasteiger partial charge on any atom is 0.337 e. The molecule has 0 aliphatic heterocycles. The predicted molar refractivity (Wildman–Crippen MR) is 76.5 cm³/mol. The second kappa shape index (κ2) is 8.32. The fraction of sp³-hybridized carbons (Fsp3) is 0.385. The van der Waals surface area contributed by atoms with Gasteiger partial charge in [-0.2, -0.15) is 0 Å². The highest BCUT2D eigenvalue weighted by Crippen LogP contribution is 2.21. The van der Waals surface area contributed by atoms with Crippen molar-refractivity contribution >= 4 is 39.9 Å². The Hall–Kier alpha value is -0.810. The Kier molecular flexibility index (Phi) is 7.05. The van der Waals surface area contributed by atoms with Gasteiger partial charge in [-0.25, -0.2) is 4.79 Å². The summed E-state index contributed by atoms with van der Waals surface area (Å²) in [4.78, 5) is 22.7. The molecule has 1 unspecified atom stereocenters. The van der Waals surface area contributed by atoms with Gasteiger partial charge in [0.15, 0.2) is 0 Å². The van der Waals surface area contributed by atoms with Gasteiger partial charge in [-0.1, -0.05) is 15.9 Å². The number of thioether (sulfide) groups is 1. The molecule has 18 heavy (non-hydrogen) atoms. The monoisotopic (exact) mass is 330 g/mol. The number of ether oxygens (including phenoxy) is 1. The number of rotatable bonds is 7. The molecular weight excluding hydrogens is 316 g/mol. The second-order valence-electron chi connectivity index (χ2n) is 3.66. The Bertz CT molecular complexity index is 392. The van der Waals surface area contributed by atoms with Gasteiger partial charge < -0.3 is 9.53 Å². The summed E-state index contributed by atoms with van der Waals surface area (Å²) in [6.07, 6.45) is 2.73. The first-order chi connectivity index (χ1) is 8.67. The summed E-state index contributed by atoms with van der Waals surface area (Å²) in [5.41, 5.74) is 0.559. The normalized spacial score (nSPS) is 11.9. The standard InChI is InChI=1S/C13H15BrO3S/c1-17-13(16)10-4-6-12(7-5-10)18-8-2-3-11(14)9-15/h4-7,9,11H,2-3,8H2,1H3. The van der Waals surface area contributed by atoms with Crippen molar-refractivity contribution in [2.24, 2.45) is 0 Å². The second-order valence-corrected chi connectivity index (χ2v) is 6.00. The SMILES string of the molecule is COC(=O)c1ccc(SCCCC(Br)C=O)cc1. The van der Waals surface area contributed by atoms with Crippen LogP contribution < -0.4 is 0 Å². The van der Waals surface area contributed by atoms with E-state index < -0.39 is 0 Å². The Morgan fingerprint density at radius 2 is 2.11 bits per heavy atom. The summed E-state index contributed by atoms with van der Waals surface area (Å²) in [6.45, 7) is 0. The number of benzene rings is 1. The molecule has 5 heteroatoms. The lowest BCUT2D eigenvalue weighted by Gasteiger charge is -2.04. The van der Waals surface area contributed by atoms with Crippen molar-refractivity contribution in [2.45, 2.75) is 22.6 Å². The first-order valence-electron chi connectivity index (χ1n) is 5.58. The van der Waals surface area contributed by atoms with Gasteiger partial charge in [-0.15, -0.1) is 11.8 Å². The quantitative estimate of drug-likeness (QED) is 0.253. The van der Waals surface area contributed by atoms with Gasteiger partial charge in [0.05, 0.1) is 17.5 Å². The van der Waals surface area contributed by atoms with Crippen molar-refractivity contribution in [3.05, 3.63) is 29.8 Å². The first kappa shape index (κ1) is 15.2. The molecule has 1 atom stereocenters. The van der Waals surface area contributed by atoms with Crippen molar-refractivity contribution in [3.8, 4) is 0 Å². The smallest absolute Gasteiger partial charge is 0.337 e. The number of carbonyl (C=O) groups is 2. The molecule has 0 heterocycles. The zero-order valence-electron chi connectivity index (χ0n) is 10.1. The molecule has 98 valence electrons. The third kappa shape index (κ3) is 5.23. The van der Waals surface area contributed by atoms with Crippen LogP contribution in [0.15, 0.2) is 29.2 Å². The molecule has 0 fully saturated rings. The van der Waals surface area contributed by atoms with Crippen LogP contribution in [-0.4, -0.2) is 29.9 Å². The minimum absolute atomic E-state index is 0.0419. The number of aldehydes is 1. The van der Waals surface area contributed by atoms with Crippen LogP contribution in [0.5, 0.6) is 0 Å². The van der Waals surface area contributed by atoms with E-state index in [0.717, 1.165) is 29.8 Å². The predicted octanol–water partition coefficient (Wildman–Crippen LogP) is 3.31. The van der Waals surface area contributed by atoms with Crippen molar-refractivity contribution in [1.82, 2.24) is 0 Å². The fourth-order valence-electron chi connectivity index (χ4n) is 1.34. The van der Waals surface area contributed by atoms with Crippen LogP contribution in [-0.2, 0) is 9.53 Å². The summed E-state index contributed by atoms with van der Waals surface area (Å²) in [5, 5.41) is 0. The molecule has 0 spiro atoms. The molecule has 0 saturated carbocycles. The van der Waals surface area contributed by atoms with E-state index in [1.807, 2.05) is 12.1 Å². The summed E-state index contributed by atoms with van der Waals surface area (Å²) in [6, 6.07) is 7.32. The van der Waals surface area contributed by atoms with Crippen LogP contribution in [0.1, 0.15) is 23.2 Å². The van der Waals surface area contributed by atoms with Gasteiger partial charge in [-0.3, -0.25) is 0 Å². The van der Waals surface area contributed by atoms with Gasteiger partial charge in [0.2, 0.25) is 0 Å². The molecule has 1 rings (SSSR count). The fourth-order valence-corrected chi connectivity index (χ4v) is 2.54. The molecule has 0 aliphatic carbocycles. The van der Waals surface area contributed by atoms with E-state index in [9.17, 15) is 9.59 Å². The van der Waals surface area contributed by atoms with E-state index in [1.54, 1.807) is 23.9 Å². The number of hydrogen-bond acceptors (Lipinski definition) is 4. The van der Waals surface area contributed by atoms with Crippen LogP contribution in [0, 0.1) is 0 Å². The molecule has 1 aromatic carbocycles. The maximum absolute atomic E-state index is 11.2. The van der Waals surface area contributed by atoms with Crippen molar-refractivity contribution in [1.29, 1.82) is 0 Å². The van der Waals surface area contributed by atoms with Crippen LogP contribution in [0.25, 0.3) is 0 Å². The Labute approximate surface area is 119 Å². The lowest BCUT2D eigenvalue weighted by molar-refractivity contribution is -0.107. The lowest BCUT2D eigenvalue weighted by atomic mass is 10.2. The number of hydrogen-bond donors (Lipinski definition) is 0. The van der Waals surface area contributed by atoms with Crippen LogP contribution in [0.2, 0.25) is 0 Å². The molecule has 0 aliphatic rings. The van der Waals surface area contributed by atoms with E-state index in [2.05, 4.69) is 20.7 Å². The minimum Gasteiger partial charge on any atom is -0.465 e. The zero-order valence-corrected chi connectivity index (χ0v) is 12.5. The molecule has 0 radical (unpaired) electrons. The van der Waals surface area contributed by atoms with Gasteiger partial charge in [0, 0.05) is 4.90 Å². The van der Waals surface area contributed by atoms with Gasteiger partial charge >= 0.3 is 5.97 Å². The average Bonchev–Trinajstić information content (AvgIpc) is 2.43. The molecule has 0 saturated heterocycles. The Morgan fingerprint density at radius 3 is 2.67 bits per heavy atom. The average molecular weight is 331 g/mol. The number of alkyl halides is 1. The summed E-state index contributed by atoms with van der Waals surface area (Å²) < 4.78 is 4.63. The molecule has 3 nitrogen and oxygen atoms in total. The number of esters is 1. The summed E-state index contributed by atoms with van der Waals surface area (Å²) >= 11 is 4.98. The van der Waals surface area contributed by atoms with Crippen molar-refractivity contribution in [2.75, 3.05) is 12.9 Å². The van der Waals surface area contributed by atoms with Crippen LogP contribution >= 0.6 is 27.7 Å². The molecule has 0 N–H and O–H groups in total. The summed E-state index contributed by atoms with van der Waals surface area (Å²) in [7, 11) is 1.37. The molecule has 1 aromatic rings. The molecule has 0 amide bonds. The summed E-state index contributed by atoms with van der Waals surface area (Å²) in [5.74, 6) is 0.632. The Morgan fingerprint density at radius 1 is 1.44 bits per heavy atom. The molecular formula is C13H15BrO3S. The molecule has 0 bridgehead atoms. The van der Waals surface area contributed by atoms with E-state index in [4.69, 9.17) is 0 Å². The topological polar surface area (TPSA) is 43.4 Å². The van der Waals surface area contributed by atoms with E-state index in [-0.39, 0.29) is 10.8 Å². The highest BCUT2D eigenvalue weighted by atomic mass is 79.9. The zero-order chi connectivity index (χ0) is 13.4. The number of methoxy groups -OCH3 is 1. The van der Waals surface area contributed by atoms with Crippen LogP contribution in [0.4, 0.5) is 0 Å². The lowest BCUT2D eigenvalue weighted by Crippen LogP contribution is -2.00. The highest BCUT2D eigenvalue weighted by molar-refractivity contribution is 9.09. The largest absolute Gasteiger partial charge is 0.465 e. The van der Waals surface area contributed by atoms with Gasteiger partial charge in [-0.05, 0) is 42.9 Å². The Balaban J connectivity index is 2.35. The number of halogens is 1. The first-order valence-corrected chi connectivity index (χ1v) is 7.48. The van der Waals surface area contributed by atoms with Crippen molar-refractivity contribution in [3.63, 3.8) is 0 Å². The third-order valence-electron chi connectivity index (χ3n) is 2.32. The maximum atomic E-state index is 11.2. The highest BCUT2D eigenvalue weighted by Gasteiger charge is 2.05. The number of carbonyl (C=O) groups excluding carboxylic acids is 2. The van der Waals surface area contributed by atoms with E-state index in [0.29, 0.717) is 5.56 Å². The van der Waals surface area contributed by atoms with Gasteiger partial charge in [0.1, 0.15) is 6.29 Å². The molecule has 0 aromatic heterocycles.